The number of ether oxygens (including phenoxy) is 1. The molecular weight excluding hydrogens is 304 g/mol. The Labute approximate surface area is 132 Å². The fourth-order valence-electron chi connectivity index (χ4n) is 2.04. The first-order valence-electron chi connectivity index (χ1n) is 6.74. The first-order valence-corrected chi connectivity index (χ1v) is 7.93. The van der Waals surface area contributed by atoms with Gasteiger partial charge in [0, 0.05) is 35.6 Å². The molecule has 3 rings (SSSR count). The summed E-state index contributed by atoms with van der Waals surface area (Å²) in [4.78, 5) is 5.55. The van der Waals surface area contributed by atoms with E-state index >= 15 is 0 Å². The second-order valence-electron chi connectivity index (χ2n) is 4.59. The molecule has 0 aliphatic rings. The average molecular weight is 319 g/mol. The Hall–Kier alpha value is -1.62. The van der Waals surface area contributed by atoms with Gasteiger partial charge in [-0.2, -0.15) is 0 Å². The Morgan fingerprint density at radius 3 is 3.00 bits per heavy atom. The highest BCUT2D eigenvalue weighted by Crippen LogP contribution is 2.21. The SMILES string of the molecule is Clc1ccc(CNCCOc2ccc3cccnc3c2)s1. The van der Waals surface area contributed by atoms with Crippen molar-refractivity contribution in [2.75, 3.05) is 13.2 Å². The van der Waals surface area contributed by atoms with Gasteiger partial charge in [-0.1, -0.05) is 17.7 Å². The molecule has 0 fully saturated rings. The Kier molecular flexibility index (Phi) is 4.70. The van der Waals surface area contributed by atoms with Gasteiger partial charge in [0.1, 0.15) is 12.4 Å². The summed E-state index contributed by atoms with van der Waals surface area (Å²) in [6, 6.07) is 13.9. The van der Waals surface area contributed by atoms with Crippen LogP contribution in [0.15, 0.2) is 48.7 Å². The standard InChI is InChI=1S/C16H15ClN2OS/c17-16-6-5-14(21-16)11-18-8-9-20-13-4-3-12-2-1-7-19-15(12)10-13/h1-7,10,18H,8-9,11H2. The van der Waals surface area contributed by atoms with E-state index in [2.05, 4.69) is 10.3 Å². The zero-order valence-electron chi connectivity index (χ0n) is 11.4. The normalized spacial score (nSPS) is 10.9. The van der Waals surface area contributed by atoms with Crippen LogP contribution in [0.4, 0.5) is 0 Å². The zero-order chi connectivity index (χ0) is 14.5. The number of aromatic nitrogens is 1. The molecule has 0 atom stereocenters. The highest BCUT2D eigenvalue weighted by atomic mass is 35.5. The summed E-state index contributed by atoms with van der Waals surface area (Å²) in [5.74, 6) is 0.849. The number of thiophene rings is 1. The molecule has 0 aliphatic carbocycles. The second-order valence-corrected chi connectivity index (χ2v) is 6.39. The fourth-order valence-corrected chi connectivity index (χ4v) is 3.09. The molecule has 5 heteroatoms. The van der Waals surface area contributed by atoms with Crippen molar-refractivity contribution in [3.8, 4) is 5.75 Å². The summed E-state index contributed by atoms with van der Waals surface area (Å²) in [6.07, 6.45) is 1.79. The quantitative estimate of drug-likeness (QED) is 0.694. The van der Waals surface area contributed by atoms with Gasteiger partial charge in [0.25, 0.3) is 0 Å². The van der Waals surface area contributed by atoms with Crippen LogP contribution >= 0.6 is 22.9 Å². The van der Waals surface area contributed by atoms with Crippen LogP contribution in [-0.2, 0) is 6.54 Å². The lowest BCUT2D eigenvalue weighted by atomic mass is 10.2. The van der Waals surface area contributed by atoms with Crippen molar-refractivity contribution in [2.24, 2.45) is 0 Å². The molecule has 0 saturated heterocycles. The predicted octanol–water partition coefficient (Wildman–Crippen LogP) is 4.12. The van der Waals surface area contributed by atoms with Crippen molar-refractivity contribution in [2.45, 2.75) is 6.54 Å². The van der Waals surface area contributed by atoms with Crippen LogP contribution in [0, 0.1) is 0 Å². The van der Waals surface area contributed by atoms with Crippen LogP contribution in [0.1, 0.15) is 4.88 Å². The summed E-state index contributed by atoms with van der Waals surface area (Å²) in [7, 11) is 0. The molecule has 21 heavy (non-hydrogen) atoms. The highest BCUT2D eigenvalue weighted by molar-refractivity contribution is 7.16. The van der Waals surface area contributed by atoms with E-state index in [9.17, 15) is 0 Å². The number of hydrogen-bond donors (Lipinski definition) is 1. The van der Waals surface area contributed by atoms with Crippen molar-refractivity contribution in [3.05, 3.63) is 57.9 Å². The van der Waals surface area contributed by atoms with Gasteiger partial charge >= 0.3 is 0 Å². The van der Waals surface area contributed by atoms with Gasteiger partial charge in [-0.3, -0.25) is 4.98 Å². The monoisotopic (exact) mass is 318 g/mol. The molecule has 1 N–H and O–H groups in total. The van der Waals surface area contributed by atoms with Gasteiger partial charge in [-0.05, 0) is 30.3 Å². The summed E-state index contributed by atoms with van der Waals surface area (Å²) in [6.45, 7) is 2.23. The fraction of sp³-hybridized carbons (Fsp3) is 0.188. The third kappa shape index (κ3) is 3.94. The Balaban J connectivity index is 1.46. The summed E-state index contributed by atoms with van der Waals surface area (Å²) in [5, 5.41) is 4.46. The van der Waals surface area contributed by atoms with E-state index in [0.29, 0.717) is 6.61 Å². The van der Waals surface area contributed by atoms with Gasteiger partial charge in [-0.25, -0.2) is 0 Å². The van der Waals surface area contributed by atoms with Gasteiger partial charge in [-0.15, -0.1) is 11.3 Å². The van der Waals surface area contributed by atoms with Gasteiger partial charge in [0.2, 0.25) is 0 Å². The molecule has 0 radical (unpaired) electrons. The van der Waals surface area contributed by atoms with Crippen LogP contribution in [0.2, 0.25) is 4.34 Å². The highest BCUT2D eigenvalue weighted by Gasteiger charge is 1.99. The number of halogens is 1. The topological polar surface area (TPSA) is 34.1 Å². The lowest BCUT2D eigenvalue weighted by molar-refractivity contribution is 0.314. The van der Waals surface area contributed by atoms with Crippen molar-refractivity contribution in [1.82, 2.24) is 10.3 Å². The van der Waals surface area contributed by atoms with Crippen molar-refractivity contribution in [1.29, 1.82) is 0 Å². The van der Waals surface area contributed by atoms with Crippen molar-refractivity contribution >= 4 is 33.8 Å². The van der Waals surface area contributed by atoms with Gasteiger partial charge in [0.05, 0.1) is 9.85 Å². The predicted molar refractivity (Wildman–Crippen MR) is 88.3 cm³/mol. The molecule has 108 valence electrons. The van der Waals surface area contributed by atoms with E-state index in [1.54, 1.807) is 17.5 Å². The smallest absolute Gasteiger partial charge is 0.121 e. The van der Waals surface area contributed by atoms with Crippen LogP contribution in [0.25, 0.3) is 10.9 Å². The van der Waals surface area contributed by atoms with Crippen LogP contribution in [-0.4, -0.2) is 18.1 Å². The van der Waals surface area contributed by atoms with E-state index in [-0.39, 0.29) is 0 Å². The second kappa shape index (κ2) is 6.89. The Bertz CT molecular complexity index is 729. The van der Waals surface area contributed by atoms with E-state index < -0.39 is 0 Å². The average Bonchev–Trinajstić information content (AvgIpc) is 2.92. The molecule has 3 nitrogen and oxygen atoms in total. The van der Waals surface area contributed by atoms with E-state index in [0.717, 1.165) is 34.1 Å². The molecule has 0 spiro atoms. The minimum absolute atomic E-state index is 0.622. The molecule has 0 unspecified atom stereocenters. The maximum atomic E-state index is 5.89. The molecule has 0 saturated carbocycles. The lowest BCUT2D eigenvalue weighted by Crippen LogP contribution is -2.20. The molecule has 2 heterocycles. The lowest BCUT2D eigenvalue weighted by Gasteiger charge is -2.07. The molecule has 0 aliphatic heterocycles. The van der Waals surface area contributed by atoms with Crippen LogP contribution in [0.3, 0.4) is 0 Å². The summed E-state index contributed by atoms with van der Waals surface area (Å²) < 4.78 is 6.56. The molecule has 0 amide bonds. The van der Waals surface area contributed by atoms with Gasteiger partial charge in [0.15, 0.2) is 0 Å². The van der Waals surface area contributed by atoms with Crippen LogP contribution < -0.4 is 10.1 Å². The molecule has 2 aromatic heterocycles. The Morgan fingerprint density at radius 2 is 2.14 bits per heavy atom. The summed E-state index contributed by atoms with van der Waals surface area (Å²) >= 11 is 7.49. The number of fused-ring (bicyclic) bond motifs is 1. The first kappa shape index (κ1) is 14.3. The third-order valence-electron chi connectivity index (χ3n) is 3.05. The number of rotatable bonds is 6. The molecular formula is C16H15ClN2OS. The van der Waals surface area contributed by atoms with E-state index in [1.165, 1.54) is 4.88 Å². The number of pyridine rings is 1. The van der Waals surface area contributed by atoms with E-state index in [4.69, 9.17) is 16.3 Å². The Morgan fingerprint density at radius 1 is 1.19 bits per heavy atom. The number of hydrogen-bond acceptors (Lipinski definition) is 4. The zero-order valence-corrected chi connectivity index (χ0v) is 13.0. The maximum absolute atomic E-state index is 5.89. The van der Waals surface area contributed by atoms with E-state index in [1.807, 2.05) is 42.5 Å². The first-order chi connectivity index (χ1) is 10.3. The largest absolute Gasteiger partial charge is 0.492 e. The van der Waals surface area contributed by atoms with Crippen molar-refractivity contribution < 1.29 is 4.74 Å². The van der Waals surface area contributed by atoms with Gasteiger partial charge < -0.3 is 10.1 Å². The molecule has 3 aromatic rings. The van der Waals surface area contributed by atoms with Crippen LogP contribution in [0.5, 0.6) is 5.75 Å². The molecule has 0 bridgehead atoms. The minimum atomic E-state index is 0.622. The number of nitrogens with zero attached hydrogens (tertiary/aromatic N) is 1. The summed E-state index contributed by atoms with van der Waals surface area (Å²) in [5.41, 5.74) is 0.955. The molecule has 1 aromatic carbocycles. The number of nitrogens with one attached hydrogen (secondary N) is 1. The minimum Gasteiger partial charge on any atom is -0.492 e. The maximum Gasteiger partial charge on any atom is 0.121 e. The third-order valence-corrected chi connectivity index (χ3v) is 4.28. The van der Waals surface area contributed by atoms with Crippen molar-refractivity contribution in [3.63, 3.8) is 0 Å². The number of benzene rings is 1.